The summed E-state index contributed by atoms with van der Waals surface area (Å²) >= 11 is 0. The van der Waals surface area contributed by atoms with Gasteiger partial charge in [-0.15, -0.1) is 0 Å². The summed E-state index contributed by atoms with van der Waals surface area (Å²) in [5.41, 5.74) is 1.07. The number of rotatable bonds is 6. The number of carbonyl (C=O) groups excluding carboxylic acids is 2. The highest BCUT2D eigenvalue weighted by Gasteiger charge is 2.21. The first-order chi connectivity index (χ1) is 13.9. The lowest BCUT2D eigenvalue weighted by Crippen LogP contribution is -2.49. The molecule has 0 saturated carbocycles. The Morgan fingerprint density at radius 3 is 2.34 bits per heavy atom. The molecule has 1 amide bonds. The molecule has 1 saturated heterocycles. The summed E-state index contributed by atoms with van der Waals surface area (Å²) in [6, 6.07) is 13.0. The first-order valence-corrected chi connectivity index (χ1v) is 9.88. The van der Waals surface area contributed by atoms with Crippen molar-refractivity contribution in [1.82, 2.24) is 14.4 Å². The minimum absolute atomic E-state index is 0.0307. The van der Waals surface area contributed by atoms with Crippen molar-refractivity contribution in [2.24, 2.45) is 0 Å². The van der Waals surface area contributed by atoms with Gasteiger partial charge >= 0.3 is 5.97 Å². The largest absolute Gasteiger partial charge is 0.459 e. The lowest BCUT2D eigenvalue weighted by molar-refractivity contribution is -0.133. The van der Waals surface area contributed by atoms with Crippen LogP contribution in [0.4, 0.5) is 0 Å². The van der Waals surface area contributed by atoms with Crippen LogP contribution in [0.2, 0.25) is 0 Å². The van der Waals surface area contributed by atoms with Gasteiger partial charge < -0.3 is 14.2 Å². The summed E-state index contributed by atoms with van der Waals surface area (Å²) in [6.45, 7) is 7.21. The van der Waals surface area contributed by atoms with Crippen molar-refractivity contribution in [3.63, 3.8) is 0 Å². The summed E-state index contributed by atoms with van der Waals surface area (Å²) < 4.78 is 6.42. The number of aromatic nitrogens is 1. The van der Waals surface area contributed by atoms with Crippen molar-refractivity contribution >= 4 is 11.9 Å². The van der Waals surface area contributed by atoms with Crippen molar-refractivity contribution in [2.75, 3.05) is 26.2 Å². The van der Waals surface area contributed by atoms with Crippen LogP contribution < -0.4 is 5.56 Å². The van der Waals surface area contributed by atoms with E-state index in [-0.39, 0.29) is 29.7 Å². The number of amides is 1. The molecule has 0 aliphatic carbocycles. The number of nitrogens with zero attached hydrogens (tertiary/aromatic N) is 3. The maximum absolute atomic E-state index is 12.6. The van der Waals surface area contributed by atoms with Crippen LogP contribution in [0, 0.1) is 0 Å². The predicted octanol–water partition coefficient (Wildman–Crippen LogP) is 1.76. The fourth-order valence-corrected chi connectivity index (χ4v) is 3.29. The molecule has 1 aliphatic heterocycles. The van der Waals surface area contributed by atoms with Crippen molar-refractivity contribution in [3.8, 4) is 0 Å². The summed E-state index contributed by atoms with van der Waals surface area (Å²) in [7, 11) is 0. The SMILES string of the molecule is CC(C)OC(=O)c1ccn(CC(=O)N2CCN(Cc3ccccc3)CC2)c(=O)c1. The summed E-state index contributed by atoms with van der Waals surface area (Å²) in [5, 5.41) is 0. The Hall–Kier alpha value is -2.93. The summed E-state index contributed by atoms with van der Waals surface area (Å²) in [6.07, 6.45) is 1.22. The summed E-state index contributed by atoms with van der Waals surface area (Å²) in [4.78, 5) is 40.9. The number of hydrogen-bond donors (Lipinski definition) is 0. The van der Waals surface area contributed by atoms with Crippen LogP contribution in [0.5, 0.6) is 0 Å². The van der Waals surface area contributed by atoms with E-state index in [1.807, 2.05) is 18.2 Å². The van der Waals surface area contributed by atoms with Crippen molar-refractivity contribution in [3.05, 3.63) is 70.1 Å². The van der Waals surface area contributed by atoms with Gasteiger partial charge in [0, 0.05) is 45.0 Å². The van der Waals surface area contributed by atoms with Crippen molar-refractivity contribution in [2.45, 2.75) is 33.0 Å². The minimum atomic E-state index is -0.537. The topological polar surface area (TPSA) is 71.8 Å². The Kier molecular flexibility index (Phi) is 6.82. The second-order valence-corrected chi connectivity index (χ2v) is 7.48. The van der Waals surface area contributed by atoms with E-state index in [1.54, 1.807) is 18.7 Å². The molecule has 29 heavy (non-hydrogen) atoms. The minimum Gasteiger partial charge on any atom is -0.459 e. The van der Waals surface area contributed by atoms with Crippen molar-refractivity contribution < 1.29 is 14.3 Å². The molecule has 0 unspecified atom stereocenters. The third kappa shape index (κ3) is 5.77. The molecule has 3 rings (SSSR count). The van der Waals surface area contributed by atoms with Gasteiger partial charge in [0.15, 0.2) is 0 Å². The second kappa shape index (κ2) is 9.52. The average Bonchev–Trinajstić information content (AvgIpc) is 2.70. The molecule has 2 aromatic rings. The molecular formula is C22H27N3O4. The second-order valence-electron chi connectivity index (χ2n) is 7.48. The molecule has 0 radical (unpaired) electrons. The Morgan fingerprint density at radius 2 is 1.72 bits per heavy atom. The molecule has 7 heteroatoms. The number of hydrogen-bond acceptors (Lipinski definition) is 5. The molecule has 0 N–H and O–H groups in total. The quantitative estimate of drug-likeness (QED) is 0.695. The van der Waals surface area contributed by atoms with Crippen LogP contribution in [0.25, 0.3) is 0 Å². The van der Waals surface area contributed by atoms with Gasteiger partial charge in [-0.2, -0.15) is 0 Å². The lowest BCUT2D eigenvalue weighted by Gasteiger charge is -2.34. The molecular weight excluding hydrogens is 370 g/mol. The maximum Gasteiger partial charge on any atom is 0.338 e. The van der Waals surface area contributed by atoms with E-state index in [0.717, 1.165) is 19.6 Å². The van der Waals surface area contributed by atoms with Gasteiger partial charge in [-0.1, -0.05) is 30.3 Å². The number of pyridine rings is 1. The van der Waals surface area contributed by atoms with E-state index in [1.165, 1.54) is 28.5 Å². The maximum atomic E-state index is 12.6. The number of carbonyl (C=O) groups is 2. The zero-order chi connectivity index (χ0) is 20.8. The van der Waals surface area contributed by atoms with Gasteiger partial charge in [0.05, 0.1) is 11.7 Å². The number of ether oxygens (including phenoxy) is 1. The monoisotopic (exact) mass is 397 g/mol. The smallest absolute Gasteiger partial charge is 0.338 e. The normalized spacial score (nSPS) is 14.8. The Bertz CT molecular complexity index is 900. The van der Waals surface area contributed by atoms with Gasteiger partial charge in [-0.25, -0.2) is 4.79 Å². The van der Waals surface area contributed by atoms with Crippen LogP contribution in [0.3, 0.4) is 0 Å². The molecule has 154 valence electrons. The molecule has 0 bridgehead atoms. The number of benzene rings is 1. The highest BCUT2D eigenvalue weighted by Crippen LogP contribution is 2.09. The van der Waals surface area contributed by atoms with Crippen LogP contribution in [0.15, 0.2) is 53.5 Å². The standard InChI is InChI=1S/C22H27N3O4/c1-17(2)29-22(28)19-8-9-25(20(26)14-19)16-21(27)24-12-10-23(11-13-24)15-18-6-4-3-5-7-18/h3-9,14,17H,10-13,15-16H2,1-2H3. The van der Waals surface area contributed by atoms with Crippen LogP contribution in [0.1, 0.15) is 29.8 Å². The first-order valence-electron chi connectivity index (χ1n) is 9.88. The molecule has 7 nitrogen and oxygen atoms in total. The molecule has 0 spiro atoms. The number of esters is 1. The van der Waals surface area contributed by atoms with Gasteiger partial charge in [0.1, 0.15) is 6.54 Å². The van der Waals surface area contributed by atoms with Crippen molar-refractivity contribution in [1.29, 1.82) is 0 Å². The van der Waals surface area contributed by atoms with E-state index in [0.29, 0.717) is 13.1 Å². The molecule has 1 aromatic heterocycles. The molecule has 0 atom stereocenters. The van der Waals surface area contributed by atoms with E-state index in [9.17, 15) is 14.4 Å². The van der Waals surface area contributed by atoms with E-state index in [2.05, 4.69) is 17.0 Å². The molecule has 1 aliphatic rings. The third-order valence-corrected chi connectivity index (χ3v) is 4.85. The molecule has 1 aromatic carbocycles. The predicted molar refractivity (Wildman–Crippen MR) is 110 cm³/mol. The first kappa shape index (κ1) is 20.8. The van der Waals surface area contributed by atoms with Crippen LogP contribution in [-0.2, 0) is 22.6 Å². The molecule has 2 heterocycles. The van der Waals surface area contributed by atoms with E-state index >= 15 is 0 Å². The fourth-order valence-electron chi connectivity index (χ4n) is 3.29. The highest BCUT2D eigenvalue weighted by atomic mass is 16.5. The van der Waals surface area contributed by atoms with Gasteiger partial charge in [0.2, 0.25) is 5.91 Å². The van der Waals surface area contributed by atoms with Crippen LogP contribution >= 0.6 is 0 Å². The van der Waals surface area contributed by atoms with Crippen LogP contribution in [-0.4, -0.2) is 58.5 Å². The Morgan fingerprint density at radius 1 is 1.03 bits per heavy atom. The fraction of sp³-hybridized carbons (Fsp3) is 0.409. The lowest BCUT2D eigenvalue weighted by atomic mass is 10.2. The Labute approximate surface area is 170 Å². The van der Waals surface area contributed by atoms with Gasteiger partial charge in [-0.05, 0) is 25.5 Å². The van der Waals surface area contributed by atoms with Gasteiger partial charge in [0.25, 0.3) is 5.56 Å². The third-order valence-electron chi connectivity index (χ3n) is 4.85. The molecule has 1 fully saturated rings. The summed E-state index contributed by atoms with van der Waals surface area (Å²) in [5.74, 6) is -0.630. The highest BCUT2D eigenvalue weighted by molar-refractivity contribution is 5.89. The average molecular weight is 397 g/mol. The number of piperazine rings is 1. The van der Waals surface area contributed by atoms with E-state index < -0.39 is 5.97 Å². The zero-order valence-electron chi connectivity index (χ0n) is 16.9. The van der Waals surface area contributed by atoms with E-state index in [4.69, 9.17) is 4.74 Å². The van der Waals surface area contributed by atoms with Gasteiger partial charge in [-0.3, -0.25) is 14.5 Å². The zero-order valence-corrected chi connectivity index (χ0v) is 16.9. The Balaban J connectivity index is 1.53.